The molecular formula is C10H22N2O3. The molecule has 0 aromatic carbocycles. The van der Waals surface area contributed by atoms with E-state index in [-0.39, 0.29) is 12.0 Å². The predicted octanol–water partition coefficient (Wildman–Crippen LogP) is 0.685. The minimum absolute atomic E-state index is 0.128. The molecule has 0 saturated heterocycles. The zero-order valence-corrected chi connectivity index (χ0v) is 9.91. The molecule has 2 atom stereocenters. The zero-order chi connectivity index (χ0) is 11.8. The Labute approximate surface area is 91.2 Å². The highest BCUT2D eigenvalue weighted by Crippen LogP contribution is 2.05. The van der Waals surface area contributed by atoms with Crippen molar-refractivity contribution in [3.63, 3.8) is 0 Å². The van der Waals surface area contributed by atoms with Crippen molar-refractivity contribution in [3.8, 4) is 0 Å². The van der Waals surface area contributed by atoms with Crippen molar-refractivity contribution in [2.45, 2.75) is 39.5 Å². The molecule has 1 amide bonds. The lowest BCUT2D eigenvalue weighted by Gasteiger charge is -2.27. The lowest BCUT2D eigenvalue weighted by molar-refractivity contribution is 0.0698. The second-order valence-corrected chi connectivity index (χ2v) is 3.80. The number of nitrogens with one attached hydrogen (secondary N) is 2. The fourth-order valence-corrected chi connectivity index (χ4v) is 1.22. The molecule has 2 unspecified atom stereocenters. The van der Waals surface area contributed by atoms with Gasteiger partial charge in [-0.2, -0.15) is 0 Å². The van der Waals surface area contributed by atoms with Crippen LogP contribution in [0.3, 0.4) is 0 Å². The third kappa shape index (κ3) is 5.59. The van der Waals surface area contributed by atoms with Gasteiger partial charge in [-0.05, 0) is 18.9 Å². The molecule has 0 saturated carbocycles. The summed E-state index contributed by atoms with van der Waals surface area (Å²) in [5, 5.41) is 15.3. The van der Waals surface area contributed by atoms with E-state index in [1.165, 1.54) is 7.11 Å². The Morgan fingerprint density at radius 3 is 2.47 bits per heavy atom. The van der Waals surface area contributed by atoms with Crippen LogP contribution in [-0.4, -0.2) is 37.1 Å². The van der Waals surface area contributed by atoms with Crippen LogP contribution in [0.15, 0.2) is 0 Å². The van der Waals surface area contributed by atoms with Gasteiger partial charge in [-0.15, -0.1) is 0 Å². The van der Waals surface area contributed by atoms with Crippen LogP contribution in [0.2, 0.25) is 0 Å². The lowest BCUT2D eigenvalue weighted by Crippen LogP contribution is -2.52. The Morgan fingerprint density at radius 1 is 1.47 bits per heavy atom. The Bertz CT molecular complexity index is 186. The molecule has 15 heavy (non-hydrogen) atoms. The molecule has 3 N–H and O–H groups in total. The van der Waals surface area contributed by atoms with E-state index in [2.05, 4.69) is 15.4 Å². The summed E-state index contributed by atoms with van der Waals surface area (Å²) in [6.07, 6.45) is -0.338. The third-order valence-electron chi connectivity index (χ3n) is 2.13. The van der Waals surface area contributed by atoms with E-state index in [0.717, 1.165) is 6.42 Å². The molecule has 0 aromatic heterocycles. The van der Waals surface area contributed by atoms with Crippen LogP contribution >= 0.6 is 0 Å². The summed E-state index contributed by atoms with van der Waals surface area (Å²) in [5.41, 5.74) is 0. The molecule has 0 aromatic rings. The van der Waals surface area contributed by atoms with Gasteiger partial charge in [0.15, 0.2) is 0 Å². The van der Waals surface area contributed by atoms with E-state index in [1.807, 2.05) is 20.8 Å². The van der Waals surface area contributed by atoms with Crippen LogP contribution in [-0.2, 0) is 4.74 Å². The van der Waals surface area contributed by atoms with Gasteiger partial charge in [-0.1, -0.05) is 20.8 Å². The Morgan fingerprint density at radius 2 is 2.07 bits per heavy atom. The van der Waals surface area contributed by atoms with Crippen molar-refractivity contribution in [1.29, 1.82) is 0 Å². The summed E-state index contributed by atoms with van der Waals surface area (Å²) in [5.74, 6) is 0.128. The topological polar surface area (TPSA) is 70.6 Å². The Hall–Kier alpha value is -0.810. The Balaban J connectivity index is 4.18. The quantitative estimate of drug-likeness (QED) is 0.573. The van der Waals surface area contributed by atoms with Crippen molar-refractivity contribution in [2.75, 3.05) is 13.7 Å². The monoisotopic (exact) mass is 218 g/mol. The average molecular weight is 218 g/mol. The molecule has 0 radical (unpaired) electrons. The van der Waals surface area contributed by atoms with E-state index >= 15 is 0 Å². The molecule has 0 aliphatic heterocycles. The summed E-state index contributed by atoms with van der Waals surface area (Å²) in [6.45, 7) is 6.58. The first kappa shape index (κ1) is 14.2. The molecule has 90 valence electrons. The highest BCUT2D eigenvalue weighted by molar-refractivity contribution is 5.67. The number of carbonyl (C=O) groups excluding carboxylic acids is 1. The van der Waals surface area contributed by atoms with E-state index in [0.29, 0.717) is 6.54 Å². The molecule has 0 aliphatic carbocycles. The molecule has 0 spiro atoms. The van der Waals surface area contributed by atoms with Crippen molar-refractivity contribution >= 4 is 6.09 Å². The summed E-state index contributed by atoms with van der Waals surface area (Å²) >= 11 is 0. The number of aliphatic hydroxyl groups excluding tert-OH is 1. The van der Waals surface area contributed by atoms with Crippen molar-refractivity contribution < 1.29 is 14.6 Å². The maximum Gasteiger partial charge on any atom is 0.407 e. The van der Waals surface area contributed by atoms with Gasteiger partial charge in [-0.25, -0.2) is 4.79 Å². The van der Waals surface area contributed by atoms with Gasteiger partial charge in [0.05, 0.1) is 13.2 Å². The van der Waals surface area contributed by atoms with Gasteiger partial charge in [-0.3, -0.25) is 5.32 Å². The maximum absolute atomic E-state index is 11.0. The fraction of sp³-hybridized carbons (Fsp3) is 0.900. The molecule has 0 rings (SSSR count). The molecule has 0 bridgehead atoms. The smallest absolute Gasteiger partial charge is 0.407 e. The minimum Gasteiger partial charge on any atom is -0.453 e. The number of methoxy groups -OCH3 is 1. The first-order chi connectivity index (χ1) is 7.02. The van der Waals surface area contributed by atoms with Gasteiger partial charge in [0.2, 0.25) is 0 Å². The standard InChI is InChI=1S/C10H22N2O3/c1-5-6-11-9(13)8(7(2)3)12-10(14)15-4/h7-9,11,13H,5-6H2,1-4H3,(H,12,14). The van der Waals surface area contributed by atoms with E-state index in [4.69, 9.17) is 0 Å². The first-order valence-electron chi connectivity index (χ1n) is 5.28. The fourth-order valence-electron chi connectivity index (χ4n) is 1.22. The van der Waals surface area contributed by atoms with Crippen LogP contribution in [0, 0.1) is 5.92 Å². The maximum atomic E-state index is 11.0. The van der Waals surface area contributed by atoms with E-state index in [9.17, 15) is 9.90 Å². The Kier molecular flexibility index (Phi) is 7.07. The van der Waals surface area contributed by atoms with Crippen molar-refractivity contribution in [3.05, 3.63) is 0 Å². The number of alkyl carbamates (subject to hydrolysis) is 1. The summed E-state index contributed by atoms with van der Waals surface area (Å²) < 4.78 is 4.50. The molecule has 5 heteroatoms. The first-order valence-corrected chi connectivity index (χ1v) is 5.28. The highest BCUT2D eigenvalue weighted by Gasteiger charge is 2.23. The van der Waals surface area contributed by atoms with Crippen LogP contribution in [0.1, 0.15) is 27.2 Å². The number of carbonyl (C=O) groups is 1. The predicted molar refractivity (Wildman–Crippen MR) is 58.5 cm³/mol. The van der Waals surface area contributed by atoms with Crippen molar-refractivity contribution in [2.24, 2.45) is 5.92 Å². The van der Waals surface area contributed by atoms with Crippen LogP contribution in [0.5, 0.6) is 0 Å². The van der Waals surface area contributed by atoms with Crippen LogP contribution in [0.25, 0.3) is 0 Å². The molecule has 5 nitrogen and oxygen atoms in total. The summed E-state index contributed by atoms with van der Waals surface area (Å²) in [4.78, 5) is 11.0. The number of hydrogen-bond donors (Lipinski definition) is 3. The molecule has 0 aliphatic rings. The number of hydrogen-bond acceptors (Lipinski definition) is 4. The highest BCUT2D eigenvalue weighted by atomic mass is 16.5. The largest absolute Gasteiger partial charge is 0.453 e. The number of ether oxygens (including phenoxy) is 1. The number of amides is 1. The van der Waals surface area contributed by atoms with Crippen molar-refractivity contribution in [1.82, 2.24) is 10.6 Å². The molecular weight excluding hydrogens is 196 g/mol. The van der Waals surface area contributed by atoms with Gasteiger partial charge in [0.1, 0.15) is 6.23 Å². The van der Waals surface area contributed by atoms with Crippen LogP contribution < -0.4 is 10.6 Å². The van der Waals surface area contributed by atoms with Gasteiger partial charge < -0.3 is 15.2 Å². The minimum atomic E-state index is -0.746. The van der Waals surface area contributed by atoms with Crippen LogP contribution in [0.4, 0.5) is 4.79 Å². The zero-order valence-electron chi connectivity index (χ0n) is 9.91. The van der Waals surface area contributed by atoms with Gasteiger partial charge in [0.25, 0.3) is 0 Å². The van der Waals surface area contributed by atoms with E-state index in [1.54, 1.807) is 0 Å². The van der Waals surface area contributed by atoms with E-state index < -0.39 is 12.3 Å². The SMILES string of the molecule is CCCNC(O)C(NC(=O)OC)C(C)C. The normalized spacial score (nSPS) is 14.8. The molecule has 0 heterocycles. The molecule has 0 fully saturated rings. The summed E-state index contributed by atoms with van der Waals surface area (Å²) in [6, 6.07) is -0.344. The average Bonchev–Trinajstić information content (AvgIpc) is 2.21. The summed E-state index contributed by atoms with van der Waals surface area (Å²) in [7, 11) is 1.30. The second-order valence-electron chi connectivity index (χ2n) is 3.80. The van der Waals surface area contributed by atoms with Gasteiger partial charge in [0, 0.05) is 0 Å². The lowest BCUT2D eigenvalue weighted by atomic mass is 10.0. The number of aliphatic hydroxyl groups is 1. The third-order valence-corrected chi connectivity index (χ3v) is 2.13. The number of rotatable bonds is 6. The van der Waals surface area contributed by atoms with Gasteiger partial charge >= 0.3 is 6.09 Å². The second kappa shape index (κ2) is 7.48.